The molecule has 5 N–H and O–H groups in total. The highest BCUT2D eigenvalue weighted by atomic mass is 16.2. The summed E-state index contributed by atoms with van der Waals surface area (Å²) in [6, 6.07) is 18.1. The van der Waals surface area contributed by atoms with Crippen LogP contribution in [0.3, 0.4) is 0 Å². The number of anilines is 1. The van der Waals surface area contributed by atoms with Gasteiger partial charge >= 0.3 is 6.03 Å². The number of hydrogen-bond donors (Lipinski definition) is 4. The molecule has 0 spiro atoms. The van der Waals surface area contributed by atoms with Crippen molar-refractivity contribution < 1.29 is 4.79 Å². The van der Waals surface area contributed by atoms with E-state index < -0.39 is 0 Å². The predicted octanol–water partition coefficient (Wildman–Crippen LogP) is 3.93. The molecule has 2 aromatic carbocycles. The first-order valence-corrected chi connectivity index (χ1v) is 9.77. The summed E-state index contributed by atoms with van der Waals surface area (Å²) < 4.78 is 0. The number of rotatable bonds is 7. The lowest BCUT2D eigenvalue weighted by Gasteiger charge is -2.34. The second-order valence-corrected chi connectivity index (χ2v) is 7.43. The van der Waals surface area contributed by atoms with Gasteiger partial charge in [-0.2, -0.15) is 0 Å². The summed E-state index contributed by atoms with van der Waals surface area (Å²) in [4.78, 5) is 12.4. The number of nitrogens with one attached hydrogen (secondary N) is 3. The molecule has 2 aromatic rings. The Morgan fingerprint density at radius 3 is 2.44 bits per heavy atom. The van der Waals surface area contributed by atoms with Crippen LogP contribution in [-0.4, -0.2) is 18.1 Å². The maximum atomic E-state index is 12.4. The van der Waals surface area contributed by atoms with Gasteiger partial charge in [0.05, 0.1) is 0 Å². The van der Waals surface area contributed by atoms with Crippen molar-refractivity contribution in [3.05, 3.63) is 65.7 Å². The molecule has 0 heterocycles. The van der Waals surface area contributed by atoms with Crippen LogP contribution in [0.4, 0.5) is 10.5 Å². The van der Waals surface area contributed by atoms with E-state index in [0.29, 0.717) is 13.1 Å². The van der Waals surface area contributed by atoms with Gasteiger partial charge in [-0.25, -0.2) is 4.79 Å². The normalized spacial score (nSPS) is 16.7. The van der Waals surface area contributed by atoms with Gasteiger partial charge in [0.2, 0.25) is 0 Å². The number of hydrogen-bond acceptors (Lipinski definition) is 3. The Kier molecular flexibility index (Phi) is 6.48. The summed E-state index contributed by atoms with van der Waals surface area (Å²) in [5, 5.41) is 9.79. The molecule has 1 aliphatic carbocycles. The number of nitrogens with two attached hydrogens (primary N) is 1. The summed E-state index contributed by atoms with van der Waals surface area (Å²) in [7, 11) is 0. The minimum Gasteiger partial charge on any atom is -0.336 e. The standard InChI is InChI=1S/C22H30N4O/c1-17(18-9-3-2-4-10-18)26-22(13-7-8-14-22)16-24-21(27)25-20-12-6-5-11-19(20)15-23/h2-6,9-12,17,26H,7-8,13-16,23H2,1H3,(H2,24,25,27). The molecule has 0 radical (unpaired) electrons. The van der Waals surface area contributed by atoms with E-state index in [1.165, 1.54) is 18.4 Å². The molecule has 0 bridgehead atoms. The summed E-state index contributed by atoms with van der Waals surface area (Å²) in [5.74, 6) is 0. The van der Waals surface area contributed by atoms with Crippen molar-refractivity contribution in [2.24, 2.45) is 5.73 Å². The van der Waals surface area contributed by atoms with Crippen LogP contribution in [0.1, 0.15) is 49.8 Å². The van der Waals surface area contributed by atoms with E-state index in [2.05, 4.69) is 47.1 Å². The van der Waals surface area contributed by atoms with Crippen LogP contribution in [0.2, 0.25) is 0 Å². The van der Waals surface area contributed by atoms with E-state index in [1.54, 1.807) is 0 Å². The third-order valence-corrected chi connectivity index (χ3v) is 5.46. The Balaban J connectivity index is 1.60. The zero-order valence-electron chi connectivity index (χ0n) is 16.0. The second kappa shape index (κ2) is 9.02. The molecule has 27 heavy (non-hydrogen) atoms. The Morgan fingerprint density at radius 1 is 1.07 bits per heavy atom. The van der Waals surface area contributed by atoms with Gasteiger partial charge in [0, 0.05) is 30.4 Å². The summed E-state index contributed by atoms with van der Waals surface area (Å²) in [6.45, 7) is 3.20. The molecule has 1 atom stereocenters. The van der Waals surface area contributed by atoms with E-state index in [1.807, 2.05) is 30.3 Å². The van der Waals surface area contributed by atoms with Crippen molar-refractivity contribution in [2.75, 3.05) is 11.9 Å². The summed E-state index contributed by atoms with van der Waals surface area (Å²) >= 11 is 0. The molecular formula is C22H30N4O. The number of amides is 2. The number of benzene rings is 2. The van der Waals surface area contributed by atoms with Crippen molar-refractivity contribution in [3.63, 3.8) is 0 Å². The highest BCUT2D eigenvalue weighted by Gasteiger charge is 2.35. The Morgan fingerprint density at radius 2 is 1.74 bits per heavy atom. The van der Waals surface area contributed by atoms with Crippen LogP contribution in [0, 0.1) is 0 Å². The number of para-hydroxylation sites is 1. The van der Waals surface area contributed by atoms with E-state index in [-0.39, 0.29) is 17.6 Å². The topological polar surface area (TPSA) is 79.2 Å². The van der Waals surface area contributed by atoms with Crippen LogP contribution in [0.15, 0.2) is 54.6 Å². The Bertz CT molecular complexity index is 741. The summed E-state index contributed by atoms with van der Waals surface area (Å²) in [6.07, 6.45) is 4.52. The third kappa shape index (κ3) is 5.08. The Hall–Kier alpha value is -2.37. The van der Waals surface area contributed by atoms with E-state index >= 15 is 0 Å². The van der Waals surface area contributed by atoms with Gasteiger partial charge in [-0.3, -0.25) is 0 Å². The van der Waals surface area contributed by atoms with E-state index in [9.17, 15) is 4.79 Å². The van der Waals surface area contributed by atoms with Crippen molar-refractivity contribution >= 4 is 11.7 Å². The minimum atomic E-state index is -0.184. The fraction of sp³-hybridized carbons (Fsp3) is 0.409. The second-order valence-electron chi connectivity index (χ2n) is 7.43. The minimum absolute atomic E-state index is 0.0556. The van der Waals surface area contributed by atoms with Crippen molar-refractivity contribution in [2.45, 2.75) is 50.7 Å². The lowest BCUT2D eigenvalue weighted by Crippen LogP contribution is -2.53. The molecule has 1 saturated carbocycles. The molecular weight excluding hydrogens is 336 g/mol. The fourth-order valence-electron chi connectivity index (χ4n) is 3.94. The molecule has 3 rings (SSSR count). The first kappa shape index (κ1) is 19.4. The van der Waals surface area contributed by atoms with Crippen LogP contribution in [0.25, 0.3) is 0 Å². The highest BCUT2D eigenvalue weighted by molar-refractivity contribution is 5.90. The van der Waals surface area contributed by atoms with Crippen LogP contribution >= 0.6 is 0 Å². The zero-order chi connectivity index (χ0) is 19.1. The first-order valence-electron chi connectivity index (χ1n) is 9.77. The van der Waals surface area contributed by atoms with Gasteiger partial charge in [0.1, 0.15) is 0 Å². The fourth-order valence-corrected chi connectivity index (χ4v) is 3.94. The molecule has 2 amide bonds. The third-order valence-electron chi connectivity index (χ3n) is 5.46. The van der Waals surface area contributed by atoms with Gasteiger partial charge in [-0.15, -0.1) is 0 Å². The molecule has 1 aliphatic rings. The average molecular weight is 367 g/mol. The zero-order valence-corrected chi connectivity index (χ0v) is 16.0. The maximum Gasteiger partial charge on any atom is 0.319 e. The maximum absolute atomic E-state index is 12.4. The van der Waals surface area contributed by atoms with Gasteiger partial charge in [0.15, 0.2) is 0 Å². The number of urea groups is 1. The smallest absolute Gasteiger partial charge is 0.319 e. The van der Waals surface area contributed by atoms with E-state index in [0.717, 1.165) is 24.1 Å². The number of carbonyl (C=O) groups is 1. The quantitative estimate of drug-likeness (QED) is 0.599. The molecule has 1 fully saturated rings. The van der Waals surface area contributed by atoms with Gasteiger partial charge in [-0.1, -0.05) is 61.4 Å². The summed E-state index contributed by atoms with van der Waals surface area (Å²) in [5.41, 5.74) is 8.66. The van der Waals surface area contributed by atoms with Gasteiger partial charge in [0.25, 0.3) is 0 Å². The average Bonchev–Trinajstić information content (AvgIpc) is 3.16. The van der Waals surface area contributed by atoms with Gasteiger partial charge in [-0.05, 0) is 37.0 Å². The molecule has 1 unspecified atom stereocenters. The number of carbonyl (C=O) groups excluding carboxylic acids is 1. The largest absolute Gasteiger partial charge is 0.336 e. The highest BCUT2D eigenvalue weighted by Crippen LogP contribution is 2.32. The van der Waals surface area contributed by atoms with Crippen molar-refractivity contribution in [1.82, 2.24) is 10.6 Å². The molecule has 0 saturated heterocycles. The monoisotopic (exact) mass is 366 g/mol. The van der Waals surface area contributed by atoms with Crippen LogP contribution < -0.4 is 21.7 Å². The Labute approximate surface area is 161 Å². The van der Waals surface area contributed by atoms with Crippen LogP contribution in [0.5, 0.6) is 0 Å². The first-order chi connectivity index (χ1) is 13.1. The van der Waals surface area contributed by atoms with Crippen LogP contribution in [-0.2, 0) is 6.54 Å². The molecule has 5 heteroatoms. The van der Waals surface area contributed by atoms with Crippen molar-refractivity contribution in [1.29, 1.82) is 0 Å². The van der Waals surface area contributed by atoms with Gasteiger partial charge < -0.3 is 21.7 Å². The molecule has 0 aliphatic heterocycles. The lowest BCUT2D eigenvalue weighted by atomic mass is 9.94. The molecule has 5 nitrogen and oxygen atoms in total. The SMILES string of the molecule is CC(NC1(CNC(=O)Nc2ccccc2CN)CCCC1)c1ccccc1. The molecule has 144 valence electrons. The van der Waals surface area contributed by atoms with Crippen molar-refractivity contribution in [3.8, 4) is 0 Å². The predicted molar refractivity (Wildman–Crippen MR) is 111 cm³/mol. The molecule has 0 aromatic heterocycles. The van der Waals surface area contributed by atoms with E-state index in [4.69, 9.17) is 5.73 Å². The lowest BCUT2D eigenvalue weighted by molar-refractivity contribution is 0.240.